The van der Waals surface area contributed by atoms with Crippen LogP contribution in [0.5, 0.6) is 0 Å². The average molecular weight is 390 g/mol. The topological polar surface area (TPSA) is 84.2 Å². The first-order chi connectivity index (χ1) is 12.5. The van der Waals surface area contributed by atoms with Gasteiger partial charge in [-0.1, -0.05) is 23.2 Å². The van der Waals surface area contributed by atoms with Gasteiger partial charge in [0, 0.05) is 17.4 Å². The van der Waals surface area contributed by atoms with Gasteiger partial charge in [-0.25, -0.2) is 0 Å². The number of pyridine rings is 1. The highest BCUT2D eigenvalue weighted by atomic mass is 35.5. The number of amides is 2. The molecule has 0 unspecified atom stereocenters. The number of hydrogen-bond acceptors (Lipinski definition) is 4. The van der Waals surface area contributed by atoms with Crippen molar-refractivity contribution < 1.29 is 14.0 Å². The molecule has 8 heteroatoms. The zero-order chi connectivity index (χ0) is 18.5. The Labute approximate surface area is 159 Å². The highest BCUT2D eigenvalue weighted by Gasteiger charge is 2.13. The van der Waals surface area contributed by atoms with Gasteiger partial charge in [-0.15, -0.1) is 0 Å². The monoisotopic (exact) mass is 389 g/mol. The van der Waals surface area contributed by atoms with Gasteiger partial charge in [0.05, 0.1) is 34.6 Å². The molecule has 2 amide bonds. The molecule has 3 rings (SSSR count). The van der Waals surface area contributed by atoms with Gasteiger partial charge in [-0.3, -0.25) is 14.6 Å². The Hall–Kier alpha value is -2.83. The third-order valence-electron chi connectivity index (χ3n) is 3.44. The lowest BCUT2D eigenvalue weighted by Crippen LogP contribution is -2.23. The van der Waals surface area contributed by atoms with Crippen molar-refractivity contribution in [3.05, 3.63) is 82.0 Å². The van der Waals surface area contributed by atoms with Gasteiger partial charge in [0.25, 0.3) is 11.8 Å². The van der Waals surface area contributed by atoms with Crippen LogP contribution in [0.2, 0.25) is 10.0 Å². The van der Waals surface area contributed by atoms with E-state index in [2.05, 4.69) is 15.6 Å². The van der Waals surface area contributed by atoms with Gasteiger partial charge in [0.2, 0.25) is 0 Å². The van der Waals surface area contributed by atoms with Crippen LogP contribution in [0.25, 0.3) is 0 Å². The second kappa shape index (κ2) is 8.03. The fourth-order valence-electron chi connectivity index (χ4n) is 2.16. The minimum Gasteiger partial charge on any atom is -0.467 e. The molecule has 0 spiro atoms. The predicted octanol–water partition coefficient (Wildman–Crippen LogP) is 4.16. The van der Waals surface area contributed by atoms with Crippen molar-refractivity contribution in [3.8, 4) is 0 Å². The smallest absolute Gasteiger partial charge is 0.257 e. The van der Waals surface area contributed by atoms with E-state index in [9.17, 15) is 9.59 Å². The van der Waals surface area contributed by atoms with Crippen LogP contribution in [-0.4, -0.2) is 16.8 Å². The van der Waals surface area contributed by atoms with Gasteiger partial charge < -0.3 is 15.1 Å². The van der Waals surface area contributed by atoms with Crippen LogP contribution in [0.3, 0.4) is 0 Å². The van der Waals surface area contributed by atoms with Crippen LogP contribution in [0.4, 0.5) is 5.69 Å². The SMILES string of the molecule is O=C(NCc1ccco1)c1cncc(C(=O)Nc2cc(Cl)ccc2Cl)c1. The maximum Gasteiger partial charge on any atom is 0.257 e. The number of hydrogen-bond donors (Lipinski definition) is 2. The summed E-state index contributed by atoms with van der Waals surface area (Å²) in [5.74, 6) is -0.206. The summed E-state index contributed by atoms with van der Waals surface area (Å²) in [4.78, 5) is 28.6. The fraction of sp³-hybridized carbons (Fsp3) is 0.0556. The minimum atomic E-state index is -0.456. The summed E-state index contributed by atoms with van der Waals surface area (Å²) in [7, 11) is 0. The van der Waals surface area contributed by atoms with Crippen LogP contribution in [0.1, 0.15) is 26.5 Å². The molecule has 0 radical (unpaired) electrons. The Kier molecular flexibility index (Phi) is 5.55. The molecular weight excluding hydrogens is 377 g/mol. The normalized spacial score (nSPS) is 10.4. The third-order valence-corrected chi connectivity index (χ3v) is 4.01. The second-order valence-electron chi connectivity index (χ2n) is 5.30. The van der Waals surface area contributed by atoms with E-state index in [1.807, 2.05) is 0 Å². The lowest BCUT2D eigenvalue weighted by atomic mass is 10.1. The number of benzene rings is 1. The van der Waals surface area contributed by atoms with E-state index in [0.717, 1.165) is 0 Å². The van der Waals surface area contributed by atoms with Crippen LogP contribution in [-0.2, 0) is 6.54 Å². The van der Waals surface area contributed by atoms with Crippen molar-refractivity contribution in [2.75, 3.05) is 5.32 Å². The molecule has 2 N–H and O–H groups in total. The molecule has 0 aliphatic carbocycles. The molecule has 1 aromatic carbocycles. The Morgan fingerprint density at radius 3 is 2.54 bits per heavy atom. The van der Waals surface area contributed by atoms with Crippen molar-refractivity contribution in [3.63, 3.8) is 0 Å². The molecule has 26 heavy (non-hydrogen) atoms. The highest BCUT2D eigenvalue weighted by molar-refractivity contribution is 6.35. The molecule has 2 heterocycles. The number of rotatable bonds is 5. The van der Waals surface area contributed by atoms with Gasteiger partial charge in [-0.05, 0) is 36.4 Å². The number of aromatic nitrogens is 1. The quantitative estimate of drug-likeness (QED) is 0.685. The highest BCUT2D eigenvalue weighted by Crippen LogP contribution is 2.25. The number of carbonyl (C=O) groups is 2. The van der Waals surface area contributed by atoms with Crippen molar-refractivity contribution in [2.45, 2.75) is 6.54 Å². The maximum atomic E-state index is 12.4. The zero-order valence-electron chi connectivity index (χ0n) is 13.3. The van der Waals surface area contributed by atoms with Crippen molar-refractivity contribution in [2.24, 2.45) is 0 Å². The summed E-state index contributed by atoms with van der Waals surface area (Å²) < 4.78 is 5.15. The molecule has 0 aliphatic rings. The van der Waals surface area contributed by atoms with Crippen molar-refractivity contribution in [1.29, 1.82) is 0 Å². The predicted molar refractivity (Wildman–Crippen MR) is 98.5 cm³/mol. The van der Waals surface area contributed by atoms with Gasteiger partial charge in [-0.2, -0.15) is 0 Å². The third kappa shape index (κ3) is 4.41. The van der Waals surface area contributed by atoms with Gasteiger partial charge in [0.1, 0.15) is 5.76 Å². The summed E-state index contributed by atoms with van der Waals surface area (Å²) >= 11 is 11.9. The van der Waals surface area contributed by atoms with Gasteiger partial charge in [0.15, 0.2) is 0 Å². The summed E-state index contributed by atoms with van der Waals surface area (Å²) in [6.45, 7) is 0.236. The molecule has 0 atom stereocenters. The molecule has 2 aromatic heterocycles. The number of carbonyl (C=O) groups excluding carboxylic acids is 2. The molecule has 0 saturated carbocycles. The summed E-state index contributed by atoms with van der Waals surface area (Å²) in [6.07, 6.45) is 4.26. The van der Waals surface area contributed by atoms with E-state index in [1.165, 1.54) is 30.8 Å². The van der Waals surface area contributed by atoms with Crippen LogP contribution < -0.4 is 10.6 Å². The first-order valence-corrected chi connectivity index (χ1v) is 8.30. The lowest BCUT2D eigenvalue weighted by molar-refractivity contribution is 0.0947. The summed E-state index contributed by atoms with van der Waals surface area (Å²) in [5, 5.41) is 6.13. The number of nitrogens with one attached hydrogen (secondary N) is 2. The molecule has 132 valence electrons. The summed E-state index contributed by atoms with van der Waals surface area (Å²) in [6, 6.07) is 9.65. The molecule has 3 aromatic rings. The van der Waals surface area contributed by atoms with Crippen LogP contribution in [0.15, 0.2) is 59.5 Å². The van der Waals surface area contributed by atoms with Gasteiger partial charge >= 0.3 is 0 Å². The number of halogens is 2. The van der Waals surface area contributed by atoms with Crippen molar-refractivity contribution >= 4 is 40.7 Å². The standard InChI is InChI=1S/C18H13Cl2N3O3/c19-13-3-4-15(20)16(7-13)23-18(25)12-6-11(8-21-9-12)17(24)22-10-14-2-1-5-26-14/h1-9H,10H2,(H,22,24)(H,23,25). The number of nitrogens with zero attached hydrogens (tertiary/aromatic N) is 1. The fourth-order valence-corrected chi connectivity index (χ4v) is 2.50. The molecule has 0 saturated heterocycles. The van der Waals surface area contributed by atoms with Crippen molar-refractivity contribution in [1.82, 2.24) is 10.3 Å². The Balaban J connectivity index is 1.70. The first kappa shape index (κ1) is 18.0. The molecule has 0 fully saturated rings. The molecule has 0 aliphatic heterocycles. The summed E-state index contributed by atoms with van der Waals surface area (Å²) in [5.41, 5.74) is 0.838. The van der Waals surface area contributed by atoms with E-state index in [-0.39, 0.29) is 23.6 Å². The largest absolute Gasteiger partial charge is 0.467 e. The number of anilines is 1. The molecule has 0 bridgehead atoms. The lowest BCUT2D eigenvalue weighted by Gasteiger charge is -2.09. The number of furan rings is 1. The second-order valence-corrected chi connectivity index (χ2v) is 6.15. The van der Waals surface area contributed by atoms with E-state index < -0.39 is 5.91 Å². The minimum absolute atomic E-state index is 0.215. The van der Waals surface area contributed by atoms with E-state index in [4.69, 9.17) is 27.6 Å². The first-order valence-electron chi connectivity index (χ1n) is 7.55. The Morgan fingerprint density at radius 1 is 1.04 bits per heavy atom. The van der Waals surface area contributed by atoms with Crippen LogP contribution in [0, 0.1) is 0 Å². The van der Waals surface area contributed by atoms with E-state index >= 15 is 0 Å². The van der Waals surface area contributed by atoms with Crippen LogP contribution >= 0.6 is 23.2 Å². The molecule has 6 nitrogen and oxygen atoms in total. The van der Waals surface area contributed by atoms with E-state index in [0.29, 0.717) is 21.5 Å². The Morgan fingerprint density at radius 2 is 1.81 bits per heavy atom. The zero-order valence-corrected chi connectivity index (χ0v) is 14.8. The molecular formula is C18H13Cl2N3O3. The van der Waals surface area contributed by atoms with E-state index in [1.54, 1.807) is 24.3 Å². The Bertz CT molecular complexity index is 943. The maximum absolute atomic E-state index is 12.4. The average Bonchev–Trinajstić information content (AvgIpc) is 3.16.